The summed E-state index contributed by atoms with van der Waals surface area (Å²) in [6, 6.07) is 18.7. The van der Waals surface area contributed by atoms with Gasteiger partial charge in [-0.15, -0.1) is 0 Å². The molecule has 128 valence electrons. The molecule has 2 aromatic carbocycles. The van der Waals surface area contributed by atoms with Crippen LogP contribution in [0.1, 0.15) is 5.56 Å². The van der Waals surface area contributed by atoms with Gasteiger partial charge < -0.3 is 0 Å². The summed E-state index contributed by atoms with van der Waals surface area (Å²) >= 11 is 7.46. The van der Waals surface area contributed by atoms with E-state index in [1.807, 2.05) is 54.6 Å². The third-order valence-electron chi connectivity index (χ3n) is 3.93. The maximum absolute atomic E-state index is 13.1. The molecule has 0 amide bonds. The Kier molecular flexibility index (Phi) is 4.73. The van der Waals surface area contributed by atoms with Crippen molar-refractivity contribution < 1.29 is 0 Å². The zero-order chi connectivity index (χ0) is 17.9. The highest BCUT2D eigenvalue weighted by Gasteiger charge is 2.13. The molecule has 0 aliphatic heterocycles. The molecular weight excluding hydrogens is 366 g/mol. The summed E-state index contributed by atoms with van der Waals surface area (Å²) < 4.78 is 1.62. The van der Waals surface area contributed by atoms with Crippen molar-refractivity contribution in [2.75, 3.05) is 0 Å². The van der Waals surface area contributed by atoms with Crippen LogP contribution in [-0.2, 0) is 5.75 Å². The molecule has 0 spiro atoms. The van der Waals surface area contributed by atoms with E-state index in [1.54, 1.807) is 23.0 Å². The van der Waals surface area contributed by atoms with E-state index in [0.717, 1.165) is 5.56 Å². The van der Waals surface area contributed by atoms with Crippen molar-refractivity contribution >= 4 is 34.3 Å². The quantitative estimate of drug-likeness (QED) is 0.380. The lowest BCUT2D eigenvalue weighted by Crippen LogP contribution is -2.21. The van der Waals surface area contributed by atoms with E-state index in [2.05, 4.69) is 4.98 Å². The van der Waals surface area contributed by atoms with Crippen LogP contribution in [-0.4, -0.2) is 14.5 Å². The number of aromatic nitrogens is 3. The van der Waals surface area contributed by atoms with Crippen LogP contribution < -0.4 is 5.56 Å². The fourth-order valence-corrected chi connectivity index (χ4v) is 3.75. The topological polar surface area (TPSA) is 47.8 Å². The molecule has 0 aliphatic carbocycles. The average molecular weight is 380 g/mol. The van der Waals surface area contributed by atoms with Crippen LogP contribution in [0.3, 0.4) is 0 Å². The Morgan fingerprint density at radius 3 is 2.58 bits per heavy atom. The maximum atomic E-state index is 13.1. The Morgan fingerprint density at radius 2 is 1.81 bits per heavy atom. The smallest absolute Gasteiger partial charge is 0.266 e. The molecule has 6 heteroatoms. The van der Waals surface area contributed by atoms with Crippen molar-refractivity contribution in [2.45, 2.75) is 10.9 Å². The summed E-state index contributed by atoms with van der Waals surface area (Å²) in [5.74, 6) is 0.683. The monoisotopic (exact) mass is 379 g/mol. The lowest BCUT2D eigenvalue weighted by molar-refractivity contribution is 0.815. The first-order valence-electron chi connectivity index (χ1n) is 8.02. The molecule has 2 heterocycles. The van der Waals surface area contributed by atoms with Crippen LogP contribution in [0.4, 0.5) is 0 Å². The van der Waals surface area contributed by atoms with Crippen LogP contribution in [0.5, 0.6) is 0 Å². The van der Waals surface area contributed by atoms with Gasteiger partial charge in [-0.1, -0.05) is 47.6 Å². The van der Waals surface area contributed by atoms with E-state index < -0.39 is 0 Å². The summed E-state index contributed by atoms with van der Waals surface area (Å²) in [5.41, 5.74) is 2.41. The van der Waals surface area contributed by atoms with Gasteiger partial charge in [0.25, 0.3) is 5.56 Å². The number of pyridine rings is 1. The van der Waals surface area contributed by atoms with Crippen molar-refractivity contribution in [2.24, 2.45) is 0 Å². The SMILES string of the molecule is O=c1c2ccccc2nc(SCc2ccc(Cl)cc2)n1-c1cccnc1. The fraction of sp³-hybridized carbons (Fsp3) is 0.0500. The highest BCUT2D eigenvalue weighted by atomic mass is 35.5. The first-order chi connectivity index (χ1) is 12.7. The summed E-state index contributed by atoms with van der Waals surface area (Å²) in [5, 5.41) is 1.93. The molecule has 26 heavy (non-hydrogen) atoms. The molecule has 0 atom stereocenters. The molecule has 4 rings (SSSR count). The highest BCUT2D eigenvalue weighted by Crippen LogP contribution is 2.25. The molecule has 4 nitrogen and oxygen atoms in total. The standard InChI is InChI=1S/C20H14ClN3OS/c21-15-9-7-14(8-10-15)13-26-20-23-18-6-2-1-5-17(18)19(25)24(20)16-4-3-11-22-12-16/h1-12H,13H2. The van der Waals surface area contributed by atoms with Gasteiger partial charge in [0.2, 0.25) is 0 Å². The highest BCUT2D eigenvalue weighted by molar-refractivity contribution is 7.98. The van der Waals surface area contributed by atoms with Gasteiger partial charge in [-0.3, -0.25) is 14.3 Å². The lowest BCUT2D eigenvalue weighted by atomic mass is 10.2. The Labute approximate surface area is 159 Å². The van der Waals surface area contributed by atoms with E-state index in [1.165, 1.54) is 11.8 Å². The number of halogens is 1. The Bertz CT molecular complexity index is 1110. The second kappa shape index (κ2) is 7.32. The Hall–Kier alpha value is -2.63. The summed E-state index contributed by atoms with van der Waals surface area (Å²) in [4.78, 5) is 21.9. The zero-order valence-electron chi connectivity index (χ0n) is 13.7. The van der Waals surface area contributed by atoms with E-state index in [0.29, 0.717) is 32.5 Å². The Balaban J connectivity index is 1.81. The number of fused-ring (bicyclic) bond motifs is 1. The van der Waals surface area contributed by atoms with Gasteiger partial charge in [-0.05, 0) is 42.0 Å². The number of hydrogen-bond acceptors (Lipinski definition) is 4. The molecule has 0 aliphatic rings. The number of para-hydroxylation sites is 1. The number of benzene rings is 2. The van der Waals surface area contributed by atoms with Crippen LogP contribution in [0.25, 0.3) is 16.6 Å². The van der Waals surface area contributed by atoms with Crippen LogP contribution in [0.2, 0.25) is 5.02 Å². The molecule has 4 aromatic rings. The summed E-state index contributed by atoms with van der Waals surface area (Å²) in [6.07, 6.45) is 3.35. The average Bonchev–Trinajstić information content (AvgIpc) is 2.68. The second-order valence-electron chi connectivity index (χ2n) is 5.68. The first kappa shape index (κ1) is 16.8. The van der Waals surface area contributed by atoms with Crippen molar-refractivity contribution in [3.8, 4) is 5.69 Å². The van der Waals surface area contributed by atoms with E-state index >= 15 is 0 Å². The minimum Gasteiger partial charge on any atom is -0.268 e. The van der Waals surface area contributed by atoms with Crippen molar-refractivity contribution in [3.05, 3.63) is 94.0 Å². The third kappa shape index (κ3) is 3.36. The second-order valence-corrected chi connectivity index (χ2v) is 7.06. The van der Waals surface area contributed by atoms with Gasteiger partial charge in [0, 0.05) is 17.0 Å². The van der Waals surface area contributed by atoms with Gasteiger partial charge in [-0.25, -0.2) is 4.98 Å². The largest absolute Gasteiger partial charge is 0.268 e. The fourth-order valence-electron chi connectivity index (χ4n) is 2.65. The van der Waals surface area contributed by atoms with E-state index in [4.69, 9.17) is 16.6 Å². The number of rotatable bonds is 4. The van der Waals surface area contributed by atoms with Gasteiger partial charge in [0.1, 0.15) is 0 Å². The van der Waals surface area contributed by atoms with Crippen molar-refractivity contribution in [3.63, 3.8) is 0 Å². The van der Waals surface area contributed by atoms with E-state index in [-0.39, 0.29) is 5.56 Å². The number of hydrogen-bond donors (Lipinski definition) is 0. The molecular formula is C20H14ClN3OS. The zero-order valence-corrected chi connectivity index (χ0v) is 15.2. The summed E-state index contributed by atoms with van der Waals surface area (Å²) in [6.45, 7) is 0. The predicted molar refractivity (Wildman–Crippen MR) is 106 cm³/mol. The number of thioether (sulfide) groups is 1. The molecule has 0 saturated heterocycles. The van der Waals surface area contributed by atoms with Crippen molar-refractivity contribution in [1.29, 1.82) is 0 Å². The van der Waals surface area contributed by atoms with Gasteiger partial charge >= 0.3 is 0 Å². The molecule has 0 fully saturated rings. The van der Waals surface area contributed by atoms with Crippen LogP contribution in [0.15, 0.2) is 83.0 Å². The number of nitrogens with zero attached hydrogens (tertiary/aromatic N) is 3. The third-order valence-corrected chi connectivity index (χ3v) is 5.19. The molecule has 0 N–H and O–H groups in total. The van der Waals surface area contributed by atoms with Gasteiger partial charge in [0.05, 0.1) is 22.8 Å². The van der Waals surface area contributed by atoms with Crippen LogP contribution in [0, 0.1) is 0 Å². The predicted octanol–water partition coefficient (Wildman–Crippen LogP) is 4.73. The molecule has 0 unspecified atom stereocenters. The van der Waals surface area contributed by atoms with E-state index in [9.17, 15) is 4.79 Å². The summed E-state index contributed by atoms with van der Waals surface area (Å²) in [7, 11) is 0. The molecule has 0 saturated carbocycles. The van der Waals surface area contributed by atoms with Gasteiger partial charge in [-0.2, -0.15) is 0 Å². The minimum atomic E-state index is -0.0952. The maximum Gasteiger partial charge on any atom is 0.266 e. The molecule has 0 bridgehead atoms. The molecule has 2 aromatic heterocycles. The first-order valence-corrected chi connectivity index (χ1v) is 9.38. The van der Waals surface area contributed by atoms with Crippen molar-refractivity contribution in [1.82, 2.24) is 14.5 Å². The van der Waals surface area contributed by atoms with Gasteiger partial charge in [0.15, 0.2) is 5.16 Å². The lowest BCUT2D eigenvalue weighted by Gasteiger charge is -2.13. The Morgan fingerprint density at radius 1 is 1.00 bits per heavy atom. The minimum absolute atomic E-state index is 0.0952. The normalized spacial score (nSPS) is 11.0. The van der Waals surface area contributed by atoms with Crippen LogP contribution >= 0.6 is 23.4 Å². The molecule has 0 radical (unpaired) electrons.